The number of hydroxylamine groups is 1. The van der Waals surface area contributed by atoms with Crippen molar-refractivity contribution >= 4 is 34.6 Å². The smallest absolute Gasteiger partial charge is 0.274 e. The van der Waals surface area contributed by atoms with E-state index < -0.39 is 5.91 Å². The average molecular weight is 368 g/mol. The van der Waals surface area contributed by atoms with Crippen molar-refractivity contribution in [2.24, 2.45) is 0 Å². The van der Waals surface area contributed by atoms with Crippen LogP contribution >= 0.6 is 11.8 Å². The third-order valence-corrected chi connectivity index (χ3v) is 5.54. The van der Waals surface area contributed by atoms with Crippen LogP contribution < -0.4 is 5.48 Å². The molecule has 4 rings (SSSR count). The minimum absolute atomic E-state index is 0.0203. The van der Waals surface area contributed by atoms with Crippen LogP contribution in [0.15, 0.2) is 52.4 Å². The fraction of sp³-hybridized carbons (Fsp3) is 0.167. The van der Waals surface area contributed by atoms with E-state index in [1.165, 1.54) is 11.8 Å². The zero-order valence-corrected chi connectivity index (χ0v) is 14.8. The Morgan fingerprint density at radius 1 is 1.23 bits per heavy atom. The fourth-order valence-electron chi connectivity index (χ4n) is 3.07. The van der Waals surface area contributed by atoms with Crippen LogP contribution in [-0.2, 0) is 6.54 Å². The van der Waals surface area contributed by atoms with Gasteiger partial charge in [0.05, 0.1) is 4.90 Å². The number of amides is 2. The number of benzene rings is 1. The average Bonchev–Trinajstić information content (AvgIpc) is 2.99. The molecule has 3 heterocycles. The second-order valence-corrected chi connectivity index (χ2v) is 7.08. The lowest BCUT2D eigenvalue weighted by Gasteiger charge is -2.25. The number of pyridine rings is 1. The summed E-state index contributed by atoms with van der Waals surface area (Å²) in [7, 11) is 1.80. The van der Waals surface area contributed by atoms with Crippen molar-refractivity contribution in [2.75, 3.05) is 13.6 Å². The van der Waals surface area contributed by atoms with E-state index in [0.29, 0.717) is 24.3 Å². The number of nitrogens with one attached hydrogen (secondary N) is 1. The molecule has 1 aliphatic rings. The second-order valence-electron chi connectivity index (χ2n) is 6.00. The van der Waals surface area contributed by atoms with Crippen LogP contribution in [0.2, 0.25) is 0 Å². The van der Waals surface area contributed by atoms with Gasteiger partial charge in [0.15, 0.2) is 0 Å². The summed E-state index contributed by atoms with van der Waals surface area (Å²) in [6.07, 6.45) is 1.73. The molecular formula is C18H16N4O3S. The van der Waals surface area contributed by atoms with Crippen molar-refractivity contribution in [3.05, 3.63) is 53.9 Å². The van der Waals surface area contributed by atoms with Gasteiger partial charge in [-0.1, -0.05) is 11.8 Å². The minimum atomic E-state index is -0.561. The van der Waals surface area contributed by atoms with E-state index in [2.05, 4.69) is 4.98 Å². The summed E-state index contributed by atoms with van der Waals surface area (Å²) in [6.45, 7) is 1.36. The van der Waals surface area contributed by atoms with Crippen molar-refractivity contribution in [1.29, 1.82) is 0 Å². The number of carbonyl (C=O) groups excluding carboxylic acids is 2. The molecule has 0 fully saturated rings. The molecule has 0 saturated carbocycles. The van der Waals surface area contributed by atoms with E-state index in [1.54, 1.807) is 47.9 Å². The van der Waals surface area contributed by atoms with Crippen LogP contribution in [0.25, 0.3) is 11.0 Å². The molecule has 0 radical (unpaired) electrons. The zero-order chi connectivity index (χ0) is 18.3. The molecule has 2 aromatic heterocycles. The van der Waals surface area contributed by atoms with Crippen LogP contribution in [0, 0.1) is 0 Å². The first-order valence-corrected chi connectivity index (χ1v) is 8.87. The van der Waals surface area contributed by atoms with Gasteiger partial charge in [0, 0.05) is 42.2 Å². The van der Waals surface area contributed by atoms with E-state index >= 15 is 0 Å². The number of rotatable bonds is 3. The Morgan fingerprint density at radius 3 is 2.73 bits per heavy atom. The first kappa shape index (κ1) is 16.6. The molecule has 132 valence electrons. The number of aromatic nitrogens is 2. The van der Waals surface area contributed by atoms with Crippen molar-refractivity contribution < 1.29 is 14.8 Å². The Labute approximate surface area is 153 Å². The third-order valence-electron chi connectivity index (χ3n) is 4.42. The molecule has 1 aromatic carbocycles. The van der Waals surface area contributed by atoms with Crippen molar-refractivity contribution in [3.63, 3.8) is 0 Å². The molecule has 7 nitrogen and oxygen atoms in total. The number of hydrogen-bond acceptors (Lipinski definition) is 5. The Kier molecular flexibility index (Phi) is 4.14. The lowest BCUT2D eigenvalue weighted by atomic mass is 10.2. The highest BCUT2D eigenvalue weighted by Gasteiger charge is 2.29. The van der Waals surface area contributed by atoms with Crippen molar-refractivity contribution in [2.45, 2.75) is 16.3 Å². The van der Waals surface area contributed by atoms with Gasteiger partial charge in [-0.2, -0.15) is 0 Å². The van der Waals surface area contributed by atoms with Crippen LogP contribution in [0.4, 0.5) is 0 Å². The van der Waals surface area contributed by atoms with Gasteiger partial charge in [-0.3, -0.25) is 14.8 Å². The van der Waals surface area contributed by atoms with Gasteiger partial charge >= 0.3 is 0 Å². The Hall–Kier alpha value is -2.84. The molecular weight excluding hydrogens is 352 g/mol. The molecule has 1 aliphatic heterocycles. The summed E-state index contributed by atoms with van der Waals surface area (Å²) in [6, 6.07) is 10.7. The largest absolute Gasteiger partial charge is 0.339 e. The van der Waals surface area contributed by atoms with Gasteiger partial charge in [0.25, 0.3) is 11.8 Å². The quantitative estimate of drug-likeness (QED) is 0.547. The summed E-state index contributed by atoms with van der Waals surface area (Å²) in [5.74, 6) is -0.581. The molecule has 3 aromatic rings. The normalized spacial score (nSPS) is 13.8. The first-order valence-electron chi connectivity index (χ1n) is 8.05. The highest BCUT2D eigenvalue weighted by molar-refractivity contribution is 7.99. The monoisotopic (exact) mass is 368 g/mol. The number of hydrogen-bond donors (Lipinski definition) is 2. The molecule has 0 atom stereocenters. The zero-order valence-electron chi connectivity index (χ0n) is 14.0. The molecule has 0 saturated heterocycles. The van der Waals surface area contributed by atoms with Gasteiger partial charge in [-0.25, -0.2) is 10.5 Å². The maximum atomic E-state index is 12.8. The van der Waals surface area contributed by atoms with Crippen molar-refractivity contribution in [3.8, 4) is 0 Å². The van der Waals surface area contributed by atoms with E-state index in [1.807, 2.05) is 16.7 Å². The van der Waals surface area contributed by atoms with Crippen molar-refractivity contribution in [1.82, 2.24) is 19.9 Å². The number of nitrogens with zero attached hydrogens (tertiary/aromatic N) is 3. The molecule has 2 N–H and O–H groups in total. The van der Waals surface area contributed by atoms with Crippen LogP contribution in [0.3, 0.4) is 0 Å². The highest BCUT2D eigenvalue weighted by atomic mass is 32.2. The fourth-order valence-corrected chi connectivity index (χ4v) is 4.14. The molecule has 26 heavy (non-hydrogen) atoms. The summed E-state index contributed by atoms with van der Waals surface area (Å²) >= 11 is 1.47. The summed E-state index contributed by atoms with van der Waals surface area (Å²) < 4.78 is 1.98. The van der Waals surface area contributed by atoms with E-state index in [-0.39, 0.29) is 5.91 Å². The Balaban J connectivity index is 1.79. The first-order chi connectivity index (χ1) is 12.6. The minimum Gasteiger partial charge on any atom is -0.339 e. The molecule has 0 aliphatic carbocycles. The maximum absolute atomic E-state index is 12.8. The molecule has 2 amide bonds. The summed E-state index contributed by atoms with van der Waals surface area (Å²) in [4.78, 5) is 32.2. The van der Waals surface area contributed by atoms with Crippen LogP contribution in [-0.4, -0.2) is 45.1 Å². The Bertz CT molecular complexity index is 1010. The van der Waals surface area contributed by atoms with E-state index in [0.717, 1.165) is 20.8 Å². The van der Waals surface area contributed by atoms with Crippen LogP contribution in [0.1, 0.15) is 20.8 Å². The van der Waals surface area contributed by atoms with Gasteiger partial charge in [-0.15, -0.1) is 0 Å². The molecule has 8 heteroatoms. The topological polar surface area (TPSA) is 87.5 Å². The summed E-state index contributed by atoms with van der Waals surface area (Å²) in [5, 5.41) is 9.65. The number of carbonyl (C=O) groups is 2. The van der Waals surface area contributed by atoms with Gasteiger partial charge in [0.2, 0.25) is 0 Å². The lowest BCUT2D eigenvalue weighted by molar-refractivity contribution is 0.0705. The predicted molar refractivity (Wildman–Crippen MR) is 96.5 cm³/mol. The second kappa shape index (κ2) is 6.47. The summed E-state index contributed by atoms with van der Waals surface area (Å²) in [5.41, 5.74) is 3.43. The number of likely N-dealkylation sites (N-methyl/N-ethyl adjacent to an activating group) is 1. The van der Waals surface area contributed by atoms with Gasteiger partial charge in [-0.05, 0) is 36.4 Å². The standard InChI is InChI=1S/C18H16N4O3S/c1-21-9-10-22-14(18(21)24)15(13-3-2-8-19-16(13)22)26-12-6-4-11(5-7-12)17(23)20-25/h2-8,25H,9-10H2,1H3,(H,20,23). The Morgan fingerprint density at radius 2 is 2.00 bits per heavy atom. The third kappa shape index (κ3) is 2.63. The predicted octanol–water partition coefficient (Wildman–Crippen LogP) is 2.39. The molecule has 0 spiro atoms. The van der Waals surface area contributed by atoms with Gasteiger partial charge in [0.1, 0.15) is 11.3 Å². The van der Waals surface area contributed by atoms with Gasteiger partial charge < -0.3 is 9.47 Å². The van der Waals surface area contributed by atoms with Crippen LogP contribution in [0.5, 0.6) is 0 Å². The molecule has 0 unspecified atom stereocenters. The SMILES string of the molecule is CN1CCn2c(c(Sc3ccc(C(=O)NO)cc3)c3cccnc32)C1=O. The highest BCUT2D eigenvalue weighted by Crippen LogP contribution is 2.39. The maximum Gasteiger partial charge on any atom is 0.274 e. The van der Waals surface area contributed by atoms with E-state index in [4.69, 9.17) is 5.21 Å². The van der Waals surface area contributed by atoms with E-state index in [9.17, 15) is 9.59 Å². The lowest BCUT2D eigenvalue weighted by Crippen LogP contribution is -2.37. The molecule has 0 bridgehead atoms. The number of fused-ring (bicyclic) bond motifs is 3.